The Hall–Kier alpha value is -4.00. The maximum absolute atomic E-state index is 14.4. The number of halogens is 2. The Labute approximate surface area is 183 Å². The molecule has 0 saturated heterocycles. The van der Waals surface area contributed by atoms with Gasteiger partial charge in [-0.3, -0.25) is 9.59 Å². The SMILES string of the molecule is CC(C)Oc1ccc(NC2=C(c3ccccc3)C(=O)N(c3ccc(F)cc3F)C2=O)cc1. The van der Waals surface area contributed by atoms with Gasteiger partial charge in [-0.15, -0.1) is 0 Å². The highest BCUT2D eigenvalue weighted by Crippen LogP contribution is 2.35. The van der Waals surface area contributed by atoms with E-state index in [1.807, 2.05) is 13.8 Å². The number of carbonyl (C=O) groups excluding carboxylic acids is 2. The van der Waals surface area contributed by atoms with Crippen molar-refractivity contribution in [2.45, 2.75) is 20.0 Å². The number of imide groups is 1. The maximum Gasteiger partial charge on any atom is 0.282 e. The molecule has 5 nitrogen and oxygen atoms in total. The van der Waals surface area contributed by atoms with Crippen molar-refractivity contribution in [3.05, 3.63) is 95.7 Å². The summed E-state index contributed by atoms with van der Waals surface area (Å²) in [7, 11) is 0. The number of carbonyl (C=O) groups is 2. The number of hydrogen-bond donors (Lipinski definition) is 1. The second-order valence-corrected chi connectivity index (χ2v) is 7.47. The van der Waals surface area contributed by atoms with E-state index in [0.717, 1.165) is 17.0 Å². The van der Waals surface area contributed by atoms with Crippen molar-refractivity contribution < 1.29 is 23.1 Å². The maximum atomic E-state index is 14.4. The zero-order valence-corrected chi connectivity index (χ0v) is 17.4. The third kappa shape index (κ3) is 4.09. The standard InChI is InChI=1S/C25H20F2N2O3/c1-15(2)32-19-11-9-18(10-12-19)28-23-22(16-6-4-3-5-7-16)24(30)29(25(23)31)21-13-8-17(26)14-20(21)27/h3-15,28H,1-2H3. The predicted molar refractivity (Wildman–Crippen MR) is 118 cm³/mol. The Morgan fingerprint density at radius 1 is 0.875 bits per heavy atom. The summed E-state index contributed by atoms with van der Waals surface area (Å²) in [6.45, 7) is 3.82. The fourth-order valence-corrected chi connectivity index (χ4v) is 3.43. The number of ether oxygens (including phenoxy) is 1. The molecule has 1 N–H and O–H groups in total. The van der Waals surface area contributed by atoms with E-state index in [0.29, 0.717) is 23.1 Å². The topological polar surface area (TPSA) is 58.6 Å². The molecule has 0 fully saturated rings. The van der Waals surface area contributed by atoms with Gasteiger partial charge in [-0.25, -0.2) is 13.7 Å². The minimum Gasteiger partial charge on any atom is -0.491 e. The summed E-state index contributed by atoms with van der Waals surface area (Å²) in [6, 6.07) is 18.2. The third-order valence-electron chi connectivity index (χ3n) is 4.79. The zero-order valence-electron chi connectivity index (χ0n) is 17.4. The lowest BCUT2D eigenvalue weighted by atomic mass is 10.0. The first-order valence-electron chi connectivity index (χ1n) is 10.0. The van der Waals surface area contributed by atoms with Gasteiger partial charge in [-0.05, 0) is 55.8 Å². The van der Waals surface area contributed by atoms with Gasteiger partial charge in [0.05, 0.1) is 17.4 Å². The molecule has 2 amide bonds. The first-order chi connectivity index (χ1) is 15.3. The van der Waals surface area contributed by atoms with Gasteiger partial charge in [0.15, 0.2) is 0 Å². The molecule has 1 aliphatic heterocycles. The lowest BCUT2D eigenvalue weighted by molar-refractivity contribution is -0.120. The second kappa shape index (κ2) is 8.63. The summed E-state index contributed by atoms with van der Waals surface area (Å²) in [5.41, 5.74) is 0.835. The highest BCUT2D eigenvalue weighted by atomic mass is 19.1. The molecule has 3 aromatic rings. The predicted octanol–water partition coefficient (Wildman–Crippen LogP) is 5.15. The van der Waals surface area contributed by atoms with E-state index in [2.05, 4.69) is 5.32 Å². The molecule has 0 bridgehead atoms. The molecule has 1 aliphatic rings. The molecular formula is C25H20F2N2O3. The van der Waals surface area contributed by atoms with Crippen molar-refractivity contribution in [3.63, 3.8) is 0 Å². The number of hydrogen-bond acceptors (Lipinski definition) is 4. The molecule has 32 heavy (non-hydrogen) atoms. The van der Waals surface area contributed by atoms with Gasteiger partial charge in [-0.2, -0.15) is 0 Å². The Kier molecular flexibility index (Phi) is 5.73. The van der Waals surface area contributed by atoms with Crippen LogP contribution in [0.3, 0.4) is 0 Å². The molecule has 0 aliphatic carbocycles. The summed E-state index contributed by atoms with van der Waals surface area (Å²) in [6.07, 6.45) is 0.00870. The van der Waals surface area contributed by atoms with Gasteiger partial charge >= 0.3 is 0 Å². The van der Waals surface area contributed by atoms with Crippen LogP contribution < -0.4 is 15.0 Å². The Morgan fingerprint density at radius 2 is 1.56 bits per heavy atom. The van der Waals surface area contributed by atoms with Crippen molar-refractivity contribution in [3.8, 4) is 5.75 Å². The lowest BCUT2D eigenvalue weighted by Gasteiger charge is -2.16. The summed E-state index contributed by atoms with van der Waals surface area (Å²) in [4.78, 5) is 27.2. The monoisotopic (exact) mass is 434 g/mol. The summed E-state index contributed by atoms with van der Waals surface area (Å²) >= 11 is 0. The Balaban J connectivity index is 1.74. The third-order valence-corrected chi connectivity index (χ3v) is 4.79. The zero-order chi connectivity index (χ0) is 22.8. The summed E-state index contributed by atoms with van der Waals surface area (Å²) < 4.78 is 33.5. The molecule has 0 spiro atoms. The number of anilines is 2. The van der Waals surface area contributed by atoms with Crippen molar-refractivity contribution in [1.82, 2.24) is 0 Å². The van der Waals surface area contributed by atoms with Crippen LogP contribution in [0.1, 0.15) is 19.4 Å². The van der Waals surface area contributed by atoms with E-state index in [4.69, 9.17) is 4.74 Å². The number of nitrogens with zero attached hydrogens (tertiary/aromatic N) is 1. The van der Waals surface area contributed by atoms with Crippen molar-refractivity contribution >= 4 is 28.8 Å². The van der Waals surface area contributed by atoms with E-state index in [9.17, 15) is 18.4 Å². The van der Waals surface area contributed by atoms with Crippen LogP contribution in [0.2, 0.25) is 0 Å². The molecule has 0 saturated carbocycles. The van der Waals surface area contributed by atoms with Gasteiger partial charge in [0, 0.05) is 11.8 Å². The smallest absolute Gasteiger partial charge is 0.282 e. The molecule has 0 aromatic heterocycles. The largest absolute Gasteiger partial charge is 0.491 e. The van der Waals surface area contributed by atoms with Crippen LogP contribution in [0.5, 0.6) is 5.75 Å². The summed E-state index contributed by atoms with van der Waals surface area (Å²) in [5.74, 6) is -2.58. The van der Waals surface area contributed by atoms with Gasteiger partial charge < -0.3 is 10.1 Å². The molecule has 162 valence electrons. The van der Waals surface area contributed by atoms with Crippen LogP contribution in [0, 0.1) is 11.6 Å². The Bertz CT molecular complexity index is 1210. The van der Waals surface area contributed by atoms with Crippen molar-refractivity contribution in [1.29, 1.82) is 0 Å². The molecular weight excluding hydrogens is 414 g/mol. The van der Waals surface area contributed by atoms with Gasteiger partial charge in [0.2, 0.25) is 0 Å². The number of amides is 2. The average molecular weight is 434 g/mol. The van der Waals surface area contributed by atoms with Crippen LogP contribution in [0.25, 0.3) is 5.57 Å². The fourth-order valence-electron chi connectivity index (χ4n) is 3.43. The van der Waals surface area contributed by atoms with Crippen LogP contribution in [-0.4, -0.2) is 17.9 Å². The van der Waals surface area contributed by atoms with Crippen LogP contribution in [0.15, 0.2) is 78.5 Å². The number of benzene rings is 3. The molecule has 0 unspecified atom stereocenters. The van der Waals surface area contributed by atoms with Gasteiger partial charge in [0.25, 0.3) is 11.8 Å². The number of rotatable bonds is 6. The van der Waals surface area contributed by atoms with E-state index < -0.39 is 23.4 Å². The molecule has 0 atom stereocenters. The average Bonchev–Trinajstić information content (AvgIpc) is 2.99. The molecule has 1 heterocycles. The van der Waals surface area contributed by atoms with Crippen LogP contribution in [0.4, 0.5) is 20.2 Å². The lowest BCUT2D eigenvalue weighted by Crippen LogP contribution is -2.33. The van der Waals surface area contributed by atoms with E-state index in [1.165, 1.54) is 0 Å². The minimum absolute atomic E-state index is 0.00227. The molecule has 4 rings (SSSR count). The molecule has 7 heteroatoms. The van der Waals surface area contributed by atoms with E-state index in [-0.39, 0.29) is 23.1 Å². The number of nitrogens with one attached hydrogen (secondary N) is 1. The first kappa shape index (κ1) is 21.2. The van der Waals surface area contributed by atoms with Gasteiger partial charge in [0.1, 0.15) is 23.1 Å². The quantitative estimate of drug-likeness (QED) is 0.546. The first-order valence-corrected chi connectivity index (χ1v) is 10.0. The van der Waals surface area contributed by atoms with Gasteiger partial charge in [-0.1, -0.05) is 30.3 Å². The van der Waals surface area contributed by atoms with Crippen LogP contribution in [-0.2, 0) is 9.59 Å². The highest BCUT2D eigenvalue weighted by Gasteiger charge is 2.41. The van der Waals surface area contributed by atoms with Crippen LogP contribution >= 0.6 is 0 Å². The normalized spacial score (nSPS) is 13.8. The van der Waals surface area contributed by atoms with E-state index in [1.54, 1.807) is 54.6 Å². The fraction of sp³-hybridized carbons (Fsp3) is 0.120. The second-order valence-electron chi connectivity index (χ2n) is 7.47. The summed E-state index contributed by atoms with van der Waals surface area (Å²) in [5, 5.41) is 3.00. The molecule has 0 radical (unpaired) electrons. The van der Waals surface area contributed by atoms with Crippen molar-refractivity contribution in [2.24, 2.45) is 0 Å². The Morgan fingerprint density at radius 3 is 2.19 bits per heavy atom. The van der Waals surface area contributed by atoms with Crippen molar-refractivity contribution in [2.75, 3.05) is 10.2 Å². The highest BCUT2D eigenvalue weighted by molar-refractivity contribution is 6.46. The molecule has 3 aromatic carbocycles. The minimum atomic E-state index is -1.00. The van der Waals surface area contributed by atoms with E-state index >= 15 is 0 Å².